The number of carbonyl (C=O) groups is 3. The van der Waals surface area contributed by atoms with Gasteiger partial charge in [0.2, 0.25) is 0 Å². The molecule has 23 heavy (non-hydrogen) atoms. The molecule has 124 valence electrons. The second-order valence-electron chi connectivity index (χ2n) is 5.79. The zero-order valence-electron chi connectivity index (χ0n) is 13.9. The van der Waals surface area contributed by atoms with Gasteiger partial charge in [0.15, 0.2) is 11.5 Å². The molecule has 1 aromatic carbocycles. The molecule has 0 aliphatic heterocycles. The van der Waals surface area contributed by atoms with Gasteiger partial charge in [0.1, 0.15) is 11.2 Å². The van der Waals surface area contributed by atoms with Crippen molar-refractivity contribution in [3.63, 3.8) is 0 Å². The summed E-state index contributed by atoms with van der Waals surface area (Å²) in [7, 11) is 0. The van der Waals surface area contributed by atoms with Crippen LogP contribution in [0, 0.1) is 0 Å². The predicted octanol–water partition coefficient (Wildman–Crippen LogP) is 3.14. The molecular weight excluding hydrogens is 300 g/mol. The van der Waals surface area contributed by atoms with E-state index in [2.05, 4.69) is 6.58 Å². The van der Waals surface area contributed by atoms with Crippen molar-refractivity contribution in [2.24, 2.45) is 0 Å². The monoisotopic (exact) mass is 320 g/mol. The molecule has 0 aliphatic carbocycles. The van der Waals surface area contributed by atoms with Gasteiger partial charge in [-0.2, -0.15) is 0 Å². The molecule has 0 radical (unpaired) electrons. The second kappa shape index (κ2) is 7.09. The Morgan fingerprint density at radius 2 is 1.61 bits per heavy atom. The molecule has 0 N–H and O–H groups in total. The van der Waals surface area contributed by atoms with Crippen LogP contribution < -0.4 is 9.47 Å². The van der Waals surface area contributed by atoms with E-state index in [4.69, 9.17) is 14.2 Å². The second-order valence-corrected chi connectivity index (χ2v) is 5.79. The smallest absolute Gasteiger partial charge is 0.342 e. The van der Waals surface area contributed by atoms with E-state index in [1.807, 2.05) is 0 Å². The molecule has 1 rings (SSSR count). The highest BCUT2D eigenvalue weighted by molar-refractivity contribution is 5.96. The first kappa shape index (κ1) is 18.4. The van der Waals surface area contributed by atoms with Crippen LogP contribution in [0.2, 0.25) is 0 Å². The average Bonchev–Trinajstić information content (AvgIpc) is 2.37. The summed E-state index contributed by atoms with van der Waals surface area (Å²) in [6, 6.07) is 2.90. The molecule has 0 bridgehead atoms. The van der Waals surface area contributed by atoms with Gasteiger partial charge in [-0.05, 0) is 38.5 Å². The van der Waals surface area contributed by atoms with Gasteiger partial charge in [-0.1, -0.05) is 12.7 Å². The van der Waals surface area contributed by atoms with Crippen LogP contribution in [-0.2, 0) is 14.3 Å². The highest BCUT2D eigenvalue weighted by atomic mass is 16.6. The van der Waals surface area contributed by atoms with Crippen LogP contribution in [0.1, 0.15) is 50.5 Å². The third-order valence-electron chi connectivity index (χ3n) is 2.43. The first-order chi connectivity index (χ1) is 10.5. The van der Waals surface area contributed by atoms with Crippen molar-refractivity contribution in [1.29, 1.82) is 0 Å². The number of carbonyl (C=O) groups excluding carboxylic acids is 3. The largest absolute Gasteiger partial charge is 0.456 e. The summed E-state index contributed by atoms with van der Waals surface area (Å²) in [5, 5.41) is 0. The number of benzene rings is 1. The standard InChI is InChI=1S/C17H20O6/c1-7-12-8-13(16(20)23-17(4,5)6)15(22-11(3)19)14(9-12)21-10(2)18/h7-9H,1H2,2-6H3. The molecule has 0 saturated heterocycles. The molecule has 0 amide bonds. The Kier molecular flexibility index (Phi) is 5.68. The van der Waals surface area contributed by atoms with Gasteiger partial charge < -0.3 is 14.2 Å². The van der Waals surface area contributed by atoms with E-state index in [1.165, 1.54) is 32.1 Å². The van der Waals surface area contributed by atoms with Gasteiger partial charge in [0, 0.05) is 13.8 Å². The van der Waals surface area contributed by atoms with Gasteiger partial charge in [-0.25, -0.2) is 4.79 Å². The number of ether oxygens (including phenoxy) is 3. The minimum absolute atomic E-state index is 0.0243. The molecule has 0 aliphatic rings. The minimum Gasteiger partial charge on any atom is -0.456 e. The van der Waals surface area contributed by atoms with E-state index in [-0.39, 0.29) is 17.1 Å². The third-order valence-corrected chi connectivity index (χ3v) is 2.43. The van der Waals surface area contributed by atoms with Crippen LogP contribution in [0.15, 0.2) is 18.7 Å². The quantitative estimate of drug-likeness (QED) is 0.626. The Morgan fingerprint density at radius 3 is 2.04 bits per heavy atom. The maximum atomic E-state index is 12.4. The molecule has 6 nitrogen and oxygen atoms in total. The molecule has 6 heteroatoms. The molecule has 0 spiro atoms. The lowest BCUT2D eigenvalue weighted by Crippen LogP contribution is -2.24. The Bertz CT molecular complexity index is 652. The van der Waals surface area contributed by atoms with Crippen LogP contribution in [0.5, 0.6) is 11.5 Å². The lowest BCUT2D eigenvalue weighted by molar-refractivity contribution is -0.134. The van der Waals surface area contributed by atoms with Gasteiger partial charge in [-0.15, -0.1) is 0 Å². The summed E-state index contributed by atoms with van der Waals surface area (Å²) in [5.41, 5.74) is -0.252. The van der Waals surface area contributed by atoms with Crippen molar-refractivity contribution < 1.29 is 28.6 Å². The Labute approximate surface area is 135 Å². The molecule has 0 fully saturated rings. The van der Waals surface area contributed by atoms with Crippen LogP contribution in [0.4, 0.5) is 0 Å². The van der Waals surface area contributed by atoms with E-state index in [0.717, 1.165) is 0 Å². The lowest BCUT2D eigenvalue weighted by atomic mass is 10.1. The molecular formula is C17H20O6. The normalized spacial score (nSPS) is 10.7. The topological polar surface area (TPSA) is 78.9 Å². The minimum atomic E-state index is -0.740. The zero-order valence-corrected chi connectivity index (χ0v) is 13.9. The maximum Gasteiger partial charge on any atom is 0.342 e. The van der Waals surface area contributed by atoms with Crippen molar-refractivity contribution in [2.75, 3.05) is 0 Å². The van der Waals surface area contributed by atoms with E-state index >= 15 is 0 Å². The highest BCUT2D eigenvalue weighted by Gasteiger charge is 2.26. The molecule has 0 saturated carbocycles. The number of esters is 3. The first-order valence-corrected chi connectivity index (χ1v) is 6.94. The van der Waals surface area contributed by atoms with E-state index < -0.39 is 23.5 Å². The first-order valence-electron chi connectivity index (χ1n) is 6.94. The fraction of sp³-hybridized carbons (Fsp3) is 0.353. The molecule has 0 aromatic heterocycles. The van der Waals surface area contributed by atoms with E-state index in [1.54, 1.807) is 20.8 Å². The maximum absolute atomic E-state index is 12.4. The Balaban J connectivity index is 3.50. The van der Waals surface area contributed by atoms with Crippen molar-refractivity contribution in [3.8, 4) is 11.5 Å². The lowest BCUT2D eigenvalue weighted by Gasteiger charge is -2.21. The van der Waals surface area contributed by atoms with Crippen LogP contribution in [0.25, 0.3) is 6.08 Å². The van der Waals surface area contributed by atoms with Crippen LogP contribution >= 0.6 is 0 Å². The zero-order chi connectivity index (χ0) is 17.8. The summed E-state index contributed by atoms with van der Waals surface area (Å²) in [6.07, 6.45) is 1.47. The summed E-state index contributed by atoms with van der Waals surface area (Å²) < 4.78 is 15.4. The molecule has 0 heterocycles. The van der Waals surface area contributed by atoms with Crippen molar-refractivity contribution in [3.05, 3.63) is 29.8 Å². The predicted molar refractivity (Wildman–Crippen MR) is 84.3 cm³/mol. The molecule has 0 unspecified atom stereocenters. The number of hydrogen-bond donors (Lipinski definition) is 0. The Morgan fingerprint density at radius 1 is 1.04 bits per heavy atom. The summed E-state index contributed by atoms with van der Waals surface area (Å²) in [5.74, 6) is -2.19. The fourth-order valence-corrected chi connectivity index (χ4v) is 1.71. The van der Waals surface area contributed by atoms with Crippen molar-refractivity contribution in [2.45, 2.75) is 40.2 Å². The average molecular weight is 320 g/mol. The SMILES string of the molecule is C=Cc1cc(OC(C)=O)c(OC(C)=O)c(C(=O)OC(C)(C)C)c1. The number of rotatable bonds is 4. The molecule has 1 aromatic rings. The fourth-order valence-electron chi connectivity index (χ4n) is 1.71. The van der Waals surface area contributed by atoms with Crippen molar-refractivity contribution >= 4 is 24.0 Å². The van der Waals surface area contributed by atoms with Gasteiger partial charge in [-0.3, -0.25) is 9.59 Å². The van der Waals surface area contributed by atoms with Gasteiger partial charge >= 0.3 is 17.9 Å². The molecule has 0 atom stereocenters. The summed E-state index contributed by atoms with van der Waals surface area (Å²) in [4.78, 5) is 35.0. The van der Waals surface area contributed by atoms with Crippen LogP contribution in [0.3, 0.4) is 0 Å². The third kappa shape index (κ3) is 5.58. The summed E-state index contributed by atoms with van der Waals surface area (Å²) >= 11 is 0. The number of hydrogen-bond acceptors (Lipinski definition) is 6. The Hall–Kier alpha value is -2.63. The van der Waals surface area contributed by atoms with Gasteiger partial charge in [0.25, 0.3) is 0 Å². The summed E-state index contributed by atoms with van der Waals surface area (Å²) in [6.45, 7) is 11.1. The van der Waals surface area contributed by atoms with Crippen LogP contribution in [-0.4, -0.2) is 23.5 Å². The van der Waals surface area contributed by atoms with Crippen molar-refractivity contribution in [1.82, 2.24) is 0 Å². The van der Waals surface area contributed by atoms with E-state index in [0.29, 0.717) is 5.56 Å². The van der Waals surface area contributed by atoms with E-state index in [9.17, 15) is 14.4 Å². The van der Waals surface area contributed by atoms with Gasteiger partial charge in [0.05, 0.1) is 0 Å². The highest BCUT2D eigenvalue weighted by Crippen LogP contribution is 2.35.